The van der Waals surface area contributed by atoms with Crippen molar-refractivity contribution in [3.63, 3.8) is 0 Å². The van der Waals surface area contributed by atoms with Gasteiger partial charge in [0, 0.05) is 37.9 Å². The first-order chi connectivity index (χ1) is 14.3. The van der Waals surface area contributed by atoms with Crippen LogP contribution in [-0.4, -0.2) is 80.0 Å². The lowest BCUT2D eigenvalue weighted by Gasteiger charge is -2.31. The van der Waals surface area contributed by atoms with Crippen LogP contribution in [0.1, 0.15) is 51.4 Å². The molecule has 1 saturated heterocycles. The van der Waals surface area contributed by atoms with Crippen LogP contribution in [0.15, 0.2) is 0 Å². The number of carbonyl (C=O) groups excluding carboxylic acids is 3. The third-order valence-corrected chi connectivity index (χ3v) is 6.97. The molecule has 2 saturated carbocycles. The Morgan fingerprint density at radius 2 is 1.83 bits per heavy atom. The van der Waals surface area contributed by atoms with Gasteiger partial charge in [0.15, 0.2) is 0 Å². The highest BCUT2D eigenvalue weighted by Crippen LogP contribution is 2.44. The molecular formula is C22H38N4O4. The minimum atomic E-state index is -0.964. The molecule has 8 nitrogen and oxygen atoms in total. The van der Waals surface area contributed by atoms with Crippen molar-refractivity contribution < 1.29 is 19.1 Å². The summed E-state index contributed by atoms with van der Waals surface area (Å²) in [7, 11) is 3.89. The van der Waals surface area contributed by atoms with Crippen LogP contribution < -0.4 is 11.1 Å². The summed E-state index contributed by atoms with van der Waals surface area (Å²) >= 11 is 0. The number of morpholine rings is 1. The molecule has 2 aliphatic carbocycles. The van der Waals surface area contributed by atoms with E-state index >= 15 is 0 Å². The monoisotopic (exact) mass is 422 g/mol. The van der Waals surface area contributed by atoms with Gasteiger partial charge in [-0.25, -0.2) is 0 Å². The van der Waals surface area contributed by atoms with Crippen molar-refractivity contribution in [2.75, 3.05) is 46.9 Å². The molecule has 3 aliphatic rings. The smallest absolute Gasteiger partial charge is 0.243 e. The van der Waals surface area contributed by atoms with Crippen molar-refractivity contribution in [3.05, 3.63) is 0 Å². The van der Waals surface area contributed by atoms with Crippen molar-refractivity contribution in [3.8, 4) is 0 Å². The minimum Gasteiger partial charge on any atom is -0.378 e. The van der Waals surface area contributed by atoms with E-state index in [1.165, 1.54) is 19.3 Å². The summed E-state index contributed by atoms with van der Waals surface area (Å²) in [6, 6.07) is 0. The molecule has 8 heteroatoms. The standard InChI is InChI=1S/C22H38N4O4/c1-25(2)15-18-14-22(18,21(23)29)24-20(28)17(12-16-6-4-3-5-7-16)13-19(27)26-8-10-30-11-9-26/h16-18H,3-15H2,1-2H3,(H2,23,29)(H,24,28)/t17-,18+,22+/m1/s1. The van der Waals surface area contributed by atoms with E-state index in [0.717, 1.165) is 12.8 Å². The summed E-state index contributed by atoms with van der Waals surface area (Å²) in [6.45, 7) is 2.94. The first-order valence-corrected chi connectivity index (χ1v) is 11.4. The van der Waals surface area contributed by atoms with Crippen molar-refractivity contribution >= 4 is 17.7 Å². The number of nitrogens with zero attached hydrogens (tertiary/aromatic N) is 2. The SMILES string of the molecule is CN(C)C[C@@H]1C[C@@]1(NC(=O)[C@@H](CC(=O)N1CCOCC1)CC1CCCCC1)C(N)=O. The second-order valence-electron chi connectivity index (χ2n) is 9.62. The molecule has 0 aromatic rings. The lowest BCUT2D eigenvalue weighted by Crippen LogP contribution is -2.52. The fourth-order valence-corrected chi connectivity index (χ4v) is 5.09. The average molecular weight is 423 g/mol. The summed E-state index contributed by atoms with van der Waals surface area (Å²) in [4.78, 5) is 42.2. The summed E-state index contributed by atoms with van der Waals surface area (Å²) in [5, 5.41) is 2.98. The van der Waals surface area contributed by atoms with Gasteiger partial charge in [-0.2, -0.15) is 0 Å². The molecule has 30 heavy (non-hydrogen) atoms. The molecule has 1 heterocycles. The van der Waals surface area contributed by atoms with Gasteiger partial charge in [-0.1, -0.05) is 32.1 Å². The maximum atomic E-state index is 13.3. The molecule has 1 aliphatic heterocycles. The van der Waals surface area contributed by atoms with Gasteiger partial charge in [0.2, 0.25) is 17.7 Å². The minimum absolute atomic E-state index is 0.00280. The molecule has 0 radical (unpaired) electrons. The number of rotatable bonds is 9. The van der Waals surface area contributed by atoms with E-state index in [-0.39, 0.29) is 24.2 Å². The number of nitrogens with two attached hydrogens (primary N) is 1. The van der Waals surface area contributed by atoms with E-state index in [2.05, 4.69) is 5.32 Å². The quantitative estimate of drug-likeness (QED) is 0.570. The Morgan fingerprint density at radius 1 is 1.17 bits per heavy atom. The number of nitrogens with one attached hydrogen (secondary N) is 1. The molecule has 3 fully saturated rings. The summed E-state index contributed by atoms with van der Waals surface area (Å²) in [6.07, 6.45) is 7.31. The summed E-state index contributed by atoms with van der Waals surface area (Å²) in [5.74, 6) is -0.586. The number of amides is 3. The van der Waals surface area contributed by atoms with E-state index in [1.807, 2.05) is 19.0 Å². The van der Waals surface area contributed by atoms with E-state index < -0.39 is 17.4 Å². The summed E-state index contributed by atoms with van der Waals surface area (Å²) < 4.78 is 5.34. The van der Waals surface area contributed by atoms with Gasteiger partial charge < -0.3 is 25.6 Å². The van der Waals surface area contributed by atoms with Crippen LogP contribution in [0.2, 0.25) is 0 Å². The van der Waals surface area contributed by atoms with Crippen LogP contribution in [0.5, 0.6) is 0 Å². The molecule has 170 valence electrons. The zero-order valence-corrected chi connectivity index (χ0v) is 18.5. The normalized spacial score (nSPS) is 28.2. The molecule has 0 aromatic heterocycles. The third kappa shape index (κ3) is 5.72. The molecule has 0 unspecified atom stereocenters. The zero-order chi connectivity index (χ0) is 21.7. The van der Waals surface area contributed by atoms with Gasteiger partial charge in [0.25, 0.3) is 0 Å². The van der Waals surface area contributed by atoms with Gasteiger partial charge in [0.05, 0.1) is 13.2 Å². The third-order valence-electron chi connectivity index (χ3n) is 6.97. The average Bonchev–Trinajstić information content (AvgIpc) is 3.41. The molecule has 0 bridgehead atoms. The predicted molar refractivity (Wildman–Crippen MR) is 113 cm³/mol. The number of ether oxygens (including phenoxy) is 1. The predicted octanol–water partition coefficient (Wildman–Crippen LogP) is 0.744. The molecule has 0 aromatic carbocycles. The van der Waals surface area contributed by atoms with Crippen molar-refractivity contribution in [2.24, 2.45) is 23.5 Å². The second kappa shape index (κ2) is 10.1. The zero-order valence-electron chi connectivity index (χ0n) is 18.5. The van der Waals surface area contributed by atoms with Crippen molar-refractivity contribution in [2.45, 2.75) is 56.9 Å². The van der Waals surface area contributed by atoms with Crippen LogP contribution in [0.3, 0.4) is 0 Å². The molecule has 3 atom stereocenters. The van der Waals surface area contributed by atoms with E-state index in [1.54, 1.807) is 4.90 Å². The number of hydrogen-bond acceptors (Lipinski definition) is 5. The highest BCUT2D eigenvalue weighted by molar-refractivity contribution is 5.95. The number of carbonyl (C=O) groups is 3. The molecule has 3 amide bonds. The Labute approximate surface area is 179 Å². The van der Waals surface area contributed by atoms with Crippen molar-refractivity contribution in [1.82, 2.24) is 15.1 Å². The van der Waals surface area contributed by atoms with E-state index in [0.29, 0.717) is 51.6 Å². The Balaban J connectivity index is 1.67. The van der Waals surface area contributed by atoms with Crippen molar-refractivity contribution in [1.29, 1.82) is 0 Å². The highest BCUT2D eigenvalue weighted by Gasteiger charge is 2.60. The molecule has 3 rings (SSSR count). The molecular weight excluding hydrogens is 384 g/mol. The van der Waals surface area contributed by atoms with E-state index in [9.17, 15) is 14.4 Å². The van der Waals surface area contributed by atoms with Crippen LogP contribution in [0.25, 0.3) is 0 Å². The maximum absolute atomic E-state index is 13.3. The Kier molecular flexibility index (Phi) is 7.74. The molecule has 0 spiro atoms. The second-order valence-corrected chi connectivity index (χ2v) is 9.62. The fourth-order valence-electron chi connectivity index (χ4n) is 5.09. The van der Waals surface area contributed by atoms with Gasteiger partial charge >= 0.3 is 0 Å². The first kappa shape index (κ1) is 23.0. The topological polar surface area (TPSA) is 105 Å². The van der Waals surface area contributed by atoms with Gasteiger partial charge in [-0.15, -0.1) is 0 Å². The van der Waals surface area contributed by atoms with Crippen LogP contribution >= 0.6 is 0 Å². The summed E-state index contributed by atoms with van der Waals surface area (Å²) in [5.41, 5.74) is 4.72. The van der Waals surface area contributed by atoms with Crippen LogP contribution in [0, 0.1) is 17.8 Å². The van der Waals surface area contributed by atoms with Crippen LogP contribution in [0.4, 0.5) is 0 Å². The Morgan fingerprint density at radius 3 is 2.43 bits per heavy atom. The number of primary amides is 1. The van der Waals surface area contributed by atoms with Gasteiger partial charge in [-0.05, 0) is 32.9 Å². The van der Waals surface area contributed by atoms with Gasteiger partial charge in [0.1, 0.15) is 5.54 Å². The first-order valence-electron chi connectivity index (χ1n) is 11.4. The Hall–Kier alpha value is -1.67. The van der Waals surface area contributed by atoms with Gasteiger partial charge in [-0.3, -0.25) is 14.4 Å². The Bertz CT molecular complexity index is 629. The highest BCUT2D eigenvalue weighted by atomic mass is 16.5. The van der Waals surface area contributed by atoms with E-state index in [4.69, 9.17) is 10.5 Å². The fraction of sp³-hybridized carbons (Fsp3) is 0.864. The lowest BCUT2D eigenvalue weighted by atomic mass is 9.81. The van der Waals surface area contributed by atoms with Crippen LogP contribution in [-0.2, 0) is 19.1 Å². The largest absolute Gasteiger partial charge is 0.378 e. The molecule has 3 N–H and O–H groups in total. The number of hydrogen-bond donors (Lipinski definition) is 2. The maximum Gasteiger partial charge on any atom is 0.243 e. The lowest BCUT2D eigenvalue weighted by molar-refractivity contribution is -0.140.